The number of hydrogen-bond acceptors (Lipinski definition) is 4. The van der Waals surface area contributed by atoms with Gasteiger partial charge in [0.2, 0.25) is 5.91 Å². The summed E-state index contributed by atoms with van der Waals surface area (Å²) in [6.45, 7) is 5.83. The zero-order chi connectivity index (χ0) is 16.9. The minimum atomic E-state index is -0.686. The molecule has 5 heterocycles. The Kier molecular flexibility index (Phi) is 2.53. The van der Waals surface area contributed by atoms with Gasteiger partial charge in [0.15, 0.2) is 0 Å². The normalized spacial score (nSPS) is 49.0. The summed E-state index contributed by atoms with van der Waals surface area (Å²) in [5, 5.41) is 0. The fourth-order valence-corrected chi connectivity index (χ4v) is 5.65. The van der Waals surface area contributed by atoms with E-state index in [1.54, 1.807) is 6.26 Å². The van der Waals surface area contributed by atoms with Gasteiger partial charge in [0, 0.05) is 11.8 Å². The van der Waals surface area contributed by atoms with Gasteiger partial charge in [-0.05, 0) is 25.5 Å². The smallest absolute Gasteiger partial charge is 0.233 e. The third-order valence-corrected chi connectivity index (χ3v) is 6.80. The average Bonchev–Trinajstić information content (AvgIpc) is 3.29. The number of ether oxygens (including phenoxy) is 1. The van der Waals surface area contributed by atoms with E-state index in [0.717, 1.165) is 0 Å². The van der Waals surface area contributed by atoms with E-state index in [0.29, 0.717) is 12.2 Å². The van der Waals surface area contributed by atoms with Crippen molar-refractivity contribution in [3.05, 3.63) is 36.3 Å². The maximum atomic E-state index is 13.5. The van der Waals surface area contributed by atoms with Crippen LogP contribution in [0.15, 0.2) is 35.0 Å². The highest BCUT2D eigenvalue weighted by Crippen LogP contribution is 2.64. The van der Waals surface area contributed by atoms with Gasteiger partial charge < -0.3 is 14.1 Å². The Balaban J connectivity index is 1.72. The number of rotatable bonds is 1. The number of piperidine rings is 1. The molecule has 4 aliphatic rings. The third-order valence-electron chi connectivity index (χ3n) is 6.80. The Morgan fingerprint density at radius 1 is 1.25 bits per heavy atom. The highest BCUT2D eigenvalue weighted by atomic mass is 16.5. The van der Waals surface area contributed by atoms with Crippen molar-refractivity contribution in [3.8, 4) is 0 Å². The van der Waals surface area contributed by atoms with Crippen molar-refractivity contribution in [2.24, 2.45) is 17.3 Å². The molecule has 0 saturated carbocycles. The zero-order valence-corrected chi connectivity index (χ0v) is 14.1. The minimum absolute atomic E-state index is 0.00943. The van der Waals surface area contributed by atoms with Crippen molar-refractivity contribution in [1.82, 2.24) is 4.90 Å². The highest BCUT2D eigenvalue weighted by Gasteiger charge is 2.76. The molecule has 4 aliphatic heterocycles. The van der Waals surface area contributed by atoms with Gasteiger partial charge in [0.05, 0.1) is 29.9 Å². The van der Waals surface area contributed by atoms with Crippen molar-refractivity contribution in [2.45, 2.75) is 51.0 Å². The van der Waals surface area contributed by atoms with Crippen LogP contribution in [0.25, 0.3) is 0 Å². The molecule has 0 unspecified atom stereocenters. The Hall–Kier alpha value is -1.88. The molecule has 1 aromatic heterocycles. The summed E-state index contributed by atoms with van der Waals surface area (Å²) in [6, 6.07) is 3.05. The molecular formula is C19H21NO4. The quantitative estimate of drug-likeness (QED) is 0.744. The van der Waals surface area contributed by atoms with E-state index >= 15 is 0 Å². The van der Waals surface area contributed by atoms with Crippen molar-refractivity contribution < 1.29 is 18.7 Å². The minimum Gasteiger partial charge on any atom is -0.467 e. The lowest BCUT2D eigenvalue weighted by molar-refractivity contribution is -0.151. The first-order chi connectivity index (χ1) is 11.4. The first kappa shape index (κ1) is 14.5. The molecule has 5 heteroatoms. The molecule has 7 atom stereocenters. The van der Waals surface area contributed by atoms with E-state index < -0.39 is 11.0 Å². The molecule has 0 aliphatic carbocycles. The number of carbonyl (C=O) groups excluding carboxylic acids is 2. The van der Waals surface area contributed by atoms with Crippen molar-refractivity contribution in [3.63, 3.8) is 0 Å². The molecule has 126 valence electrons. The fourth-order valence-electron chi connectivity index (χ4n) is 5.65. The van der Waals surface area contributed by atoms with Crippen LogP contribution in [0.3, 0.4) is 0 Å². The van der Waals surface area contributed by atoms with Gasteiger partial charge in [-0.25, -0.2) is 0 Å². The molecule has 24 heavy (non-hydrogen) atoms. The predicted octanol–water partition coefficient (Wildman–Crippen LogP) is 2.49. The molecule has 1 amide bonds. The highest BCUT2D eigenvalue weighted by molar-refractivity contribution is 5.95. The second-order valence-corrected chi connectivity index (χ2v) is 7.94. The van der Waals surface area contributed by atoms with Crippen LogP contribution >= 0.6 is 0 Å². The Morgan fingerprint density at radius 2 is 2.04 bits per heavy atom. The second kappa shape index (κ2) is 4.20. The summed E-state index contributed by atoms with van der Waals surface area (Å²) in [6.07, 6.45) is 6.38. The zero-order valence-electron chi connectivity index (χ0n) is 14.1. The second-order valence-electron chi connectivity index (χ2n) is 7.94. The number of hydrogen-bond donors (Lipinski definition) is 0. The summed E-state index contributed by atoms with van der Waals surface area (Å²) < 4.78 is 11.9. The number of amides is 1. The van der Waals surface area contributed by atoms with E-state index in [-0.39, 0.29) is 41.7 Å². The summed E-state index contributed by atoms with van der Waals surface area (Å²) in [5.41, 5.74) is -1.28. The van der Waals surface area contributed by atoms with Gasteiger partial charge in [0.1, 0.15) is 17.1 Å². The summed E-state index contributed by atoms with van der Waals surface area (Å²) >= 11 is 0. The predicted molar refractivity (Wildman–Crippen MR) is 84.9 cm³/mol. The first-order valence-electron chi connectivity index (χ1n) is 8.68. The number of furan rings is 1. The molecule has 5 nitrogen and oxygen atoms in total. The first-order valence-corrected chi connectivity index (χ1v) is 8.68. The number of carbonyl (C=O) groups is 2. The largest absolute Gasteiger partial charge is 0.467 e. The van der Waals surface area contributed by atoms with E-state index in [9.17, 15) is 9.59 Å². The molecule has 0 aromatic carbocycles. The maximum absolute atomic E-state index is 13.5. The Bertz CT molecular complexity index is 768. The van der Waals surface area contributed by atoms with E-state index in [2.05, 4.69) is 6.08 Å². The van der Waals surface area contributed by atoms with Crippen LogP contribution in [-0.2, 0) is 14.3 Å². The molecule has 5 rings (SSSR count). The molecule has 3 saturated heterocycles. The lowest BCUT2D eigenvalue weighted by Crippen LogP contribution is -2.58. The number of nitrogens with zero attached hydrogens (tertiary/aromatic N) is 1. The van der Waals surface area contributed by atoms with Crippen LogP contribution in [0, 0.1) is 17.3 Å². The van der Waals surface area contributed by atoms with Crippen LogP contribution in [0.5, 0.6) is 0 Å². The van der Waals surface area contributed by atoms with E-state index in [1.807, 2.05) is 43.9 Å². The summed E-state index contributed by atoms with van der Waals surface area (Å²) in [4.78, 5) is 28.4. The average molecular weight is 327 g/mol. The van der Waals surface area contributed by atoms with Gasteiger partial charge >= 0.3 is 0 Å². The number of fused-ring (bicyclic) bond motifs is 2. The van der Waals surface area contributed by atoms with Crippen LogP contribution in [-0.4, -0.2) is 34.3 Å². The van der Waals surface area contributed by atoms with Crippen molar-refractivity contribution in [1.29, 1.82) is 0 Å². The topological polar surface area (TPSA) is 59.8 Å². The van der Waals surface area contributed by atoms with Crippen molar-refractivity contribution in [2.75, 3.05) is 0 Å². The van der Waals surface area contributed by atoms with Crippen molar-refractivity contribution >= 4 is 11.7 Å². The summed E-state index contributed by atoms with van der Waals surface area (Å²) in [7, 11) is 0. The molecular weight excluding hydrogens is 306 g/mol. The SMILES string of the molecule is C[C@@H]1C(=O)[C@H](C)[C@@H](c2ccco2)N2C(=O)[C@@]3(C)C[C@@H]4C=C[C@]3(O4)[C@@H]12. The monoisotopic (exact) mass is 327 g/mol. The maximum Gasteiger partial charge on any atom is 0.233 e. The molecule has 1 aromatic rings. The van der Waals surface area contributed by atoms with Crippen LogP contribution in [0.4, 0.5) is 0 Å². The van der Waals surface area contributed by atoms with Crippen LogP contribution < -0.4 is 0 Å². The lowest BCUT2D eigenvalue weighted by Gasteiger charge is -2.46. The van der Waals surface area contributed by atoms with Gasteiger partial charge in [-0.3, -0.25) is 9.59 Å². The Morgan fingerprint density at radius 3 is 2.71 bits per heavy atom. The molecule has 3 fully saturated rings. The molecule has 0 N–H and O–H groups in total. The number of ketones is 1. The van der Waals surface area contributed by atoms with Crippen LogP contribution in [0.2, 0.25) is 0 Å². The van der Waals surface area contributed by atoms with E-state index in [4.69, 9.17) is 9.15 Å². The van der Waals surface area contributed by atoms with Gasteiger partial charge in [-0.2, -0.15) is 0 Å². The fraction of sp³-hybridized carbons (Fsp3) is 0.579. The van der Waals surface area contributed by atoms with Gasteiger partial charge in [-0.15, -0.1) is 0 Å². The number of Topliss-reactive ketones (excluding diaryl/α,β-unsaturated/α-hetero) is 1. The summed E-state index contributed by atoms with van der Waals surface area (Å²) in [5.74, 6) is 0.410. The lowest BCUT2D eigenvalue weighted by atomic mass is 9.65. The Labute approximate surface area is 140 Å². The molecule has 0 radical (unpaired) electrons. The van der Waals surface area contributed by atoms with E-state index in [1.165, 1.54) is 0 Å². The van der Waals surface area contributed by atoms with Gasteiger partial charge in [0.25, 0.3) is 0 Å². The molecule has 2 bridgehead atoms. The third kappa shape index (κ3) is 1.34. The standard InChI is InChI=1S/C19H21NO4/c1-10-14(13-5-4-8-23-13)20-16(11(2)15(10)21)19-7-6-12(24-19)9-18(19,3)17(20)22/h4-8,10-12,14,16H,9H2,1-3H3/t10-,11-,12+,14+,16-,18-,19+/m1/s1. The van der Waals surface area contributed by atoms with Gasteiger partial charge in [-0.1, -0.05) is 26.0 Å². The molecule has 1 spiro atoms. The van der Waals surface area contributed by atoms with Crippen LogP contribution in [0.1, 0.15) is 39.0 Å².